The molecule has 3 unspecified atom stereocenters. The highest BCUT2D eigenvalue weighted by molar-refractivity contribution is 6.03. The number of rotatable bonds is 0. The topological polar surface area (TPSA) is 37.3 Å². The molecule has 66 valence electrons. The van der Waals surface area contributed by atoms with Crippen molar-refractivity contribution < 1.29 is 9.90 Å². The lowest BCUT2D eigenvalue weighted by Crippen LogP contribution is -2.37. The first-order chi connectivity index (χ1) is 5.57. The maximum Gasteiger partial charge on any atom is 0.167 e. The average Bonchev–Trinajstić information content (AvgIpc) is 2.20. The quantitative estimate of drug-likeness (QED) is 0.551. The van der Waals surface area contributed by atoms with Crippen LogP contribution in [0.5, 0.6) is 0 Å². The zero-order chi connectivity index (χ0) is 8.93. The highest BCUT2D eigenvalue weighted by Gasteiger charge is 2.55. The number of ketones is 1. The molecule has 3 atom stereocenters. The van der Waals surface area contributed by atoms with Crippen molar-refractivity contribution in [1.29, 1.82) is 0 Å². The molecule has 2 saturated carbocycles. The summed E-state index contributed by atoms with van der Waals surface area (Å²) in [5.41, 5.74) is 0.155. The Morgan fingerprint density at radius 2 is 2.33 bits per heavy atom. The Bertz CT molecular complexity index is 257. The molecular formula is C10H14O2. The first-order valence-electron chi connectivity index (χ1n) is 4.49. The van der Waals surface area contributed by atoms with Gasteiger partial charge in [0, 0.05) is 5.92 Å². The van der Waals surface area contributed by atoms with Crippen LogP contribution >= 0.6 is 0 Å². The Kier molecular flexibility index (Phi) is 1.46. The normalized spacial score (nSPS) is 46.8. The van der Waals surface area contributed by atoms with Gasteiger partial charge >= 0.3 is 0 Å². The van der Waals surface area contributed by atoms with E-state index in [0.29, 0.717) is 5.57 Å². The third kappa shape index (κ3) is 0.712. The van der Waals surface area contributed by atoms with Gasteiger partial charge in [-0.05, 0) is 25.3 Å². The molecule has 0 amide bonds. The van der Waals surface area contributed by atoms with Crippen LogP contribution in [0.25, 0.3) is 0 Å². The highest BCUT2D eigenvalue weighted by Crippen LogP contribution is 2.50. The van der Waals surface area contributed by atoms with Crippen LogP contribution < -0.4 is 0 Å². The van der Waals surface area contributed by atoms with Crippen molar-refractivity contribution in [2.24, 2.45) is 11.3 Å². The van der Waals surface area contributed by atoms with Gasteiger partial charge in [0.1, 0.15) is 0 Å². The summed E-state index contributed by atoms with van der Waals surface area (Å²) in [6, 6.07) is 0. The van der Waals surface area contributed by atoms with Crippen LogP contribution in [0, 0.1) is 11.3 Å². The van der Waals surface area contributed by atoms with Crippen molar-refractivity contribution >= 4 is 5.78 Å². The largest absolute Gasteiger partial charge is 0.391 e. The molecule has 0 radical (unpaired) electrons. The van der Waals surface area contributed by atoms with Crippen molar-refractivity contribution in [2.75, 3.05) is 0 Å². The Morgan fingerprint density at radius 1 is 1.67 bits per heavy atom. The van der Waals surface area contributed by atoms with Gasteiger partial charge in [0.2, 0.25) is 0 Å². The summed E-state index contributed by atoms with van der Waals surface area (Å²) in [5.74, 6) is 0.147. The van der Waals surface area contributed by atoms with E-state index in [1.165, 1.54) is 0 Å². The van der Waals surface area contributed by atoms with E-state index in [4.69, 9.17) is 0 Å². The summed E-state index contributed by atoms with van der Waals surface area (Å²) in [4.78, 5) is 11.7. The van der Waals surface area contributed by atoms with Crippen molar-refractivity contribution in [1.82, 2.24) is 0 Å². The van der Waals surface area contributed by atoms with Crippen LogP contribution in [-0.4, -0.2) is 17.0 Å². The van der Waals surface area contributed by atoms with Crippen LogP contribution in [-0.2, 0) is 4.79 Å². The Balaban J connectivity index is 2.46. The van der Waals surface area contributed by atoms with Gasteiger partial charge in [0.15, 0.2) is 5.78 Å². The van der Waals surface area contributed by atoms with Crippen LogP contribution in [0.4, 0.5) is 0 Å². The standard InChI is InChI=1S/C10H14O2/c1-6-7-4-3-5-10(2,8(6)11)9(7)12/h7,9,12H,1,3-5H2,2H3. The molecule has 0 spiro atoms. The third-order valence-electron chi connectivity index (χ3n) is 3.50. The first kappa shape index (κ1) is 7.99. The lowest BCUT2D eigenvalue weighted by atomic mass is 9.74. The fraction of sp³-hybridized carbons (Fsp3) is 0.700. The predicted octanol–water partition coefficient (Wildman–Crippen LogP) is 1.29. The molecule has 2 bridgehead atoms. The second-order valence-corrected chi connectivity index (χ2v) is 4.22. The van der Waals surface area contributed by atoms with Crippen molar-refractivity contribution in [3.63, 3.8) is 0 Å². The monoisotopic (exact) mass is 166 g/mol. The Labute approximate surface area is 72.3 Å². The number of carbonyl (C=O) groups excluding carboxylic acids is 1. The number of aliphatic hydroxyl groups excluding tert-OH is 1. The summed E-state index contributed by atoms with van der Waals surface area (Å²) in [6.07, 6.45) is 2.33. The minimum Gasteiger partial charge on any atom is -0.391 e. The molecule has 0 heterocycles. The average molecular weight is 166 g/mol. The molecule has 0 saturated heterocycles. The van der Waals surface area contributed by atoms with Crippen LogP contribution in [0.2, 0.25) is 0 Å². The maximum atomic E-state index is 11.7. The number of aliphatic hydroxyl groups is 1. The molecule has 2 aliphatic rings. The van der Waals surface area contributed by atoms with E-state index < -0.39 is 11.5 Å². The number of hydrogen-bond donors (Lipinski definition) is 1. The number of carbonyl (C=O) groups is 1. The lowest BCUT2D eigenvalue weighted by Gasteiger charge is -2.32. The second-order valence-electron chi connectivity index (χ2n) is 4.22. The highest BCUT2D eigenvalue weighted by atomic mass is 16.3. The van der Waals surface area contributed by atoms with Crippen molar-refractivity contribution in [3.8, 4) is 0 Å². The van der Waals surface area contributed by atoms with E-state index in [9.17, 15) is 9.90 Å². The molecule has 1 N–H and O–H groups in total. The number of Topliss-reactive ketones (excluding diaryl/α,β-unsaturated/α-hetero) is 1. The molecule has 0 aromatic heterocycles. The van der Waals surface area contributed by atoms with Gasteiger partial charge in [0.05, 0.1) is 11.5 Å². The zero-order valence-electron chi connectivity index (χ0n) is 7.34. The zero-order valence-corrected chi connectivity index (χ0v) is 7.34. The molecule has 12 heavy (non-hydrogen) atoms. The van der Waals surface area contributed by atoms with E-state index in [2.05, 4.69) is 6.58 Å². The molecule has 0 aliphatic heterocycles. The van der Waals surface area contributed by atoms with E-state index in [1.807, 2.05) is 6.92 Å². The fourth-order valence-corrected chi connectivity index (χ4v) is 2.59. The van der Waals surface area contributed by atoms with Gasteiger partial charge in [-0.3, -0.25) is 4.79 Å². The van der Waals surface area contributed by atoms with Crippen LogP contribution in [0.1, 0.15) is 26.2 Å². The van der Waals surface area contributed by atoms with Crippen LogP contribution in [0.3, 0.4) is 0 Å². The minimum absolute atomic E-state index is 0.0521. The predicted molar refractivity (Wildman–Crippen MR) is 45.6 cm³/mol. The van der Waals surface area contributed by atoms with E-state index >= 15 is 0 Å². The van der Waals surface area contributed by atoms with Crippen molar-refractivity contribution in [3.05, 3.63) is 12.2 Å². The molecule has 2 nitrogen and oxygen atoms in total. The summed E-state index contributed by atoms with van der Waals surface area (Å²) in [6.45, 7) is 5.63. The molecule has 0 aromatic rings. The van der Waals surface area contributed by atoms with Gasteiger partial charge < -0.3 is 5.11 Å². The summed E-state index contributed by atoms with van der Waals surface area (Å²) in [5, 5.41) is 9.83. The molecular weight excluding hydrogens is 152 g/mol. The molecule has 2 aliphatic carbocycles. The van der Waals surface area contributed by atoms with Gasteiger partial charge in [-0.25, -0.2) is 0 Å². The third-order valence-corrected chi connectivity index (χ3v) is 3.50. The Morgan fingerprint density at radius 3 is 2.83 bits per heavy atom. The van der Waals surface area contributed by atoms with Crippen LogP contribution in [0.15, 0.2) is 12.2 Å². The molecule has 2 heteroatoms. The second kappa shape index (κ2) is 2.19. The molecule has 2 rings (SSSR count). The first-order valence-corrected chi connectivity index (χ1v) is 4.49. The van der Waals surface area contributed by atoms with E-state index in [-0.39, 0.29) is 11.7 Å². The molecule has 0 aromatic carbocycles. The van der Waals surface area contributed by atoms with E-state index in [0.717, 1.165) is 19.3 Å². The van der Waals surface area contributed by atoms with Crippen molar-refractivity contribution in [2.45, 2.75) is 32.3 Å². The maximum absolute atomic E-state index is 11.7. The summed E-state index contributed by atoms with van der Waals surface area (Å²) < 4.78 is 0. The van der Waals surface area contributed by atoms with Gasteiger partial charge in [-0.1, -0.05) is 13.0 Å². The molecule has 2 fully saturated rings. The van der Waals surface area contributed by atoms with Gasteiger partial charge in [-0.15, -0.1) is 0 Å². The SMILES string of the molecule is C=C1C(=O)C2(C)CCCC1C2O. The van der Waals surface area contributed by atoms with Gasteiger partial charge in [-0.2, -0.15) is 0 Å². The lowest BCUT2D eigenvalue weighted by molar-refractivity contribution is -0.127. The number of hydrogen-bond acceptors (Lipinski definition) is 2. The Hall–Kier alpha value is -0.630. The van der Waals surface area contributed by atoms with E-state index in [1.54, 1.807) is 0 Å². The fourth-order valence-electron chi connectivity index (χ4n) is 2.59. The summed E-state index contributed by atoms with van der Waals surface area (Å²) >= 11 is 0. The minimum atomic E-state index is -0.500. The smallest absolute Gasteiger partial charge is 0.167 e. The summed E-state index contributed by atoms with van der Waals surface area (Å²) in [7, 11) is 0. The number of fused-ring (bicyclic) bond motifs is 2. The van der Waals surface area contributed by atoms with Gasteiger partial charge in [0.25, 0.3) is 0 Å².